The SMILES string of the molecule is C=C(C)C1CC=C(C)CC1.OC1CCCCC1. The smallest absolute Gasteiger partial charge is 0.0540 e. The van der Waals surface area contributed by atoms with Crippen molar-refractivity contribution in [2.45, 2.75) is 71.3 Å². The van der Waals surface area contributed by atoms with E-state index in [1.54, 1.807) is 5.57 Å². The third kappa shape index (κ3) is 6.07. The van der Waals surface area contributed by atoms with Crippen LogP contribution in [0.4, 0.5) is 0 Å². The van der Waals surface area contributed by atoms with Crippen molar-refractivity contribution in [3.63, 3.8) is 0 Å². The molecule has 2 aliphatic rings. The van der Waals surface area contributed by atoms with Crippen LogP contribution in [0.25, 0.3) is 0 Å². The highest BCUT2D eigenvalue weighted by Gasteiger charge is 2.11. The fraction of sp³-hybridized carbons (Fsp3) is 0.750. The van der Waals surface area contributed by atoms with Gasteiger partial charge in [-0.05, 0) is 51.9 Å². The van der Waals surface area contributed by atoms with E-state index in [0.717, 1.165) is 18.8 Å². The maximum absolute atomic E-state index is 8.91. The molecule has 1 fully saturated rings. The summed E-state index contributed by atoms with van der Waals surface area (Å²) in [5, 5.41) is 8.91. The van der Waals surface area contributed by atoms with E-state index in [0.29, 0.717) is 0 Å². The lowest BCUT2D eigenvalue weighted by Crippen LogP contribution is -2.09. The third-order valence-corrected chi connectivity index (χ3v) is 3.91. The lowest BCUT2D eigenvalue weighted by molar-refractivity contribution is 0.130. The molecule has 0 aromatic rings. The molecule has 0 aliphatic heterocycles. The third-order valence-electron chi connectivity index (χ3n) is 3.91. The molecule has 1 nitrogen and oxygen atoms in total. The average Bonchev–Trinajstić information content (AvgIpc) is 2.31. The molecular formula is C16H28O. The first-order valence-electron chi connectivity index (χ1n) is 7.08. The molecule has 0 spiro atoms. The molecule has 0 radical (unpaired) electrons. The van der Waals surface area contributed by atoms with Gasteiger partial charge in [-0.15, -0.1) is 0 Å². The second-order valence-corrected chi connectivity index (χ2v) is 5.66. The van der Waals surface area contributed by atoms with Crippen LogP contribution < -0.4 is 0 Å². The van der Waals surface area contributed by atoms with Gasteiger partial charge in [-0.1, -0.05) is 43.1 Å². The Balaban J connectivity index is 0.000000181. The van der Waals surface area contributed by atoms with Crippen LogP contribution in [0, 0.1) is 5.92 Å². The van der Waals surface area contributed by atoms with E-state index in [1.807, 2.05) is 0 Å². The fourth-order valence-electron chi connectivity index (χ4n) is 2.49. The molecule has 1 heteroatoms. The maximum Gasteiger partial charge on any atom is 0.0540 e. The number of allylic oxidation sites excluding steroid dienone is 3. The molecule has 1 unspecified atom stereocenters. The Labute approximate surface area is 107 Å². The molecule has 1 N–H and O–H groups in total. The van der Waals surface area contributed by atoms with Crippen LogP contribution >= 0.6 is 0 Å². The molecule has 1 saturated carbocycles. The van der Waals surface area contributed by atoms with Crippen molar-refractivity contribution >= 4 is 0 Å². The monoisotopic (exact) mass is 236 g/mol. The minimum absolute atomic E-state index is 0.0359. The Hall–Kier alpha value is -0.560. The topological polar surface area (TPSA) is 20.2 Å². The van der Waals surface area contributed by atoms with E-state index < -0.39 is 0 Å². The Kier molecular flexibility index (Phi) is 6.57. The molecule has 2 aliphatic carbocycles. The summed E-state index contributed by atoms with van der Waals surface area (Å²) in [5.41, 5.74) is 2.90. The maximum atomic E-state index is 8.91. The summed E-state index contributed by atoms with van der Waals surface area (Å²) in [4.78, 5) is 0. The second-order valence-electron chi connectivity index (χ2n) is 5.66. The molecule has 17 heavy (non-hydrogen) atoms. The van der Waals surface area contributed by atoms with Gasteiger partial charge in [0.05, 0.1) is 6.10 Å². The number of aliphatic hydroxyl groups excluding tert-OH is 1. The van der Waals surface area contributed by atoms with Gasteiger partial charge in [0, 0.05) is 0 Å². The molecule has 1 atom stereocenters. The summed E-state index contributed by atoms with van der Waals surface area (Å²) in [7, 11) is 0. The minimum Gasteiger partial charge on any atom is -0.393 e. The van der Waals surface area contributed by atoms with Gasteiger partial charge in [0.25, 0.3) is 0 Å². The number of hydrogen-bond donors (Lipinski definition) is 1. The van der Waals surface area contributed by atoms with Gasteiger partial charge in [0.1, 0.15) is 0 Å². The van der Waals surface area contributed by atoms with Crippen LogP contribution in [0.3, 0.4) is 0 Å². The zero-order valence-corrected chi connectivity index (χ0v) is 11.5. The summed E-state index contributed by atoms with van der Waals surface area (Å²) < 4.78 is 0. The Bertz CT molecular complexity index is 259. The summed E-state index contributed by atoms with van der Waals surface area (Å²) in [6.07, 6.45) is 12.1. The molecule has 0 aromatic heterocycles. The highest BCUT2D eigenvalue weighted by atomic mass is 16.3. The molecular weight excluding hydrogens is 208 g/mol. The van der Waals surface area contributed by atoms with Crippen LogP contribution in [-0.4, -0.2) is 11.2 Å². The largest absolute Gasteiger partial charge is 0.393 e. The minimum atomic E-state index is 0.0359. The number of aliphatic hydroxyl groups is 1. The summed E-state index contributed by atoms with van der Waals surface area (Å²) >= 11 is 0. The van der Waals surface area contributed by atoms with E-state index >= 15 is 0 Å². The van der Waals surface area contributed by atoms with Crippen molar-refractivity contribution in [1.82, 2.24) is 0 Å². The van der Waals surface area contributed by atoms with Crippen LogP contribution in [0.2, 0.25) is 0 Å². The zero-order valence-electron chi connectivity index (χ0n) is 11.5. The Morgan fingerprint density at radius 3 is 2.24 bits per heavy atom. The van der Waals surface area contributed by atoms with Crippen molar-refractivity contribution < 1.29 is 5.11 Å². The molecule has 0 aromatic carbocycles. The number of hydrogen-bond acceptors (Lipinski definition) is 1. The summed E-state index contributed by atoms with van der Waals surface area (Å²) in [5.74, 6) is 0.767. The molecule has 0 bridgehead atoms. The van der Waals surface area contributed by atoms with Crippen molar-refractivity contribution in [3.8, 4) is 0 Å². The highest BCUT2D eigenvalue weighted by Crippen LogP contribution is 2.27. The lowest BCUT2D eigenvalue weighted by atomic mass is 9.86. The van der Waals surface area contributed by atoms with Crippen LogP contribution in [-0.2, 0) is 0 Å². The predicted octanol–water partition coefficient (Wildman–Crippen LogP) is 4.62. The van der Waals surface area contributed by atoms with Crippen LogP contribution in [0.15, 0.2) is 23.8 Å². The Morgan fingerprint density at radius 1 is 1.24 bits per heavy atom. The van der Waals surface area contributed by atoms with Crippen molar-refractivity contribution in [2.24, 2.45) is 5.92 Å². The van der Waals surface area contributed by atoms with E-state index in [2.05, 4.69) is 26.5 Å². The van der Waals surface area contributed by atoms with Crippen LogP contribution in [0.1, 0.15) is 65.2 Å². The predicted molar refractivity (Wildman–Crippen MR) is 75.0 cm³/mol. The van der Waals surface area contributed by atoms with Gasteiger partial charge >= 0.3 is 0 Å². The standard InChI is InChI=1S/C10H16.C6H12O/c1-8(2)10-6-4-9(3)5-7-10;7-6-4-2-1-3-5-6/h4,10H,1,5-7H2,2-3H3;6-7H,1-5H2. The fourth-order valence-corrected chi connectivity index (χ4v) is 2.49. The first-order chi connectivity index (χ1) is 8.09. The van der Waals surface area contributed by atoms with Gasteiger partial charge in [0.15, 0.2) is 0 Å². The van der Waals surface area contributed by atoms with Gasteiger partial charge in [-0.3, -0.25) is 0 Å². The summed E-state index contributed by atoms with van der Waals surface area (Å²) in [6.45, 7) is 8.33. The van der Waals surface area contributed by atoms with Crippen molar-refractivity contribution in [3.05, 3.63) is 23.8 Å². The van der Waals surface area contributed by atoms with E-state index in [4.69, 9.17) is 5.11 Å². The molecule has 0 saturated heterocycles. The molecule has 0 heterocycles. The quantitative estimate of drug-likeness (QED) is 0.659. The highest BCUT2D eigenvalue weighted by molar-refractivity contribution is 5.09. The Morgan fingerprint density at radius 2 is 1.88 bits per heavy atom. The molecule has 98 valence electrons. The molecule has 0 amide bonds. The first-order valence-corrected chi connectivity index (χ1v) is 7.08. The second kappa shape index (κ2) is 7.71. The zero-order chi connectivity index (χ0) is 12.7. The molecule has 2 rings (SSSR count). The van der Waals surface area contributed by atoms with E-state index in [1.165, 1.54) is 44.1 Å². The van der Waals surface area contributed by atoms with Crippen molar-refractivity contribution in [2.75, 3.05) is 0 Å². The lowest BCUT2D eigenvalue weighted by Gasteiger charge is -2.19. The van der Waals surface area contributed by atoms with E-state index in [9.17, 15) is 0 Å². The first kappa shape index (κ1) is 14.5. The van der Waals surface area contributed by atoms with Crippen molar-refractivity contribution in [1.29, 1.82) is 0 Å². The number of rotatable bonds is 1. The van der Waals surface area contributed by atoms with E-state index in [-0.39, 0.29) is 6.10 Å². The van der Waals surface area contributed by atoms with Crippen LogP contribution in [0.5, 0.6) is 0 Å². The average molecular weight is 236 g/mol. The normalized spacial score (nSPS) is 25.6. The summed E-state index contributed by atoms with van der Waals surface area (Å²) in [6, 6.07) is 0. The van der Waals surface area contributed by atoms with Gasteiger partial charge < -0.3 is 5.11 Å². The van der Waals surface area contributed by atoms with Gasteiger partial charge in [-0.25, -0.2) is 0 Å². The van der Waals surface area contributed by atoms with Gasteiger partial charge in [-0.2, -0.15) is 0 Å². The van der Waals surface area contributed by atoms with Gasteiger partial charge in [0.2, 0.25) is 0 Å².